The average molecular weight is 214 g/mol. The quantitative estimate of drug-likeness (QED) is 0.712. The summed E-state index contributed by atoms with van der Waals surface area (Å²) < 4.78 is 0. The van der Waals surface area contributed by atoms with Gasteiger partial charge < -0.3 is 15.7 Å². The maximum Gasteiger partial charge on any atom is 0.219 e. The first kappa shape index (κ1) is 12.5. The summed E-state index contributed by atoms with van der Waals surface area (Å²) in [5.41, 5.74) is 5.89. The van der Waals surface area contributed by atoms with Gasteiger partial charge in [-0.05, 0) is 25.2 Å². The molecule has 15 heavy (non-hydrogen) atoms. The number of carbonyl (C=O) groups excluding carboxylic acids is 1. The minimum absolute atomic E-state index is 0.0664. The molecule has 88 valence electrons. The van der Waals surface area contributed by atoms with Crippen LogP contribution in [0, 0.1) is 5.92 Å². The molecule has 4 nitrogen and oxygen atoms in total. The minimum atomic E-state index is -0.255. The highest BCUT2D eigenvalue weighted by Gasteiger charge is 2.27. The first-order chi connectivity index (χ1) is 7.02. The Morgan fingerprint density at radius 1 is 1.60 bits per heavy atom. The predicted octanol–water partition coefficient (Wildman–Crippen LogP) is 0.343. The van der Waals surface area contributed by atoms with Crippen molar-refractivity contribution in [2.45, 2.75) is 45.3 Å². The van der Waals surface area contributed by atoms with Crippen molar-refractivity contribution in [1.29, 1.82) is 0 Å². The van der Waals surface area contributed by atoms with Crippen LogP contribution in [-0.4, -0.2) is 41.1 Å². The van der Waals surface area contributed by atoms with Crippen molar-refractivity contribution in [2.24, 2.45) is 11.7 Å². The molecule has 3 N–H and O–H groups in total. The van der Waals surface area contributed by atoms with Crippen LogP contribution >= 0.6 is 0 Å². The van der Waals surface area contributed by atoms with Crippen LogP contribution in [0.4, 0.5) is 0 Å². The molecule has 1 heterocycles. The zero-order valence-corrected chi connectivity index (χ0v) is 9.65. The van der Waals surface area contributed by atoms with Gasteiger partial charge in [-0.2, -0.15) is 0 Å². The molecular weight excluding hydrogens is 192 g/mol. The molecule has 1 saturated heterocycles. The van der Waals surface area contributed by atoms with Gasteiger partial charge in [-0.15, -0.1) is 0 Å². The molecule has 0 spiro atoms. The van der Waals surface area contributed by atoms with Crippen molar-refractivity contribution in [3.63, 3.8) is 0 Å². The molecule has 1 aliphatic rings. The number of nitrogens with zero attached hydrogens (tertiary/aromatic N) is 1. The number of likely N-dealkylation sites (tertiary alicyclic amines) is 1. The summed E-state index contributed by atoms with van der Waals surface area (Å²) in [6, 6.07) is 0.0664. The zero-order valence-electron chi connectivity index (χ0n) is 9.65. The summed E-state index contributed by atoms with van der Waals surface area (Å²) in [6.07, 6.45) is 2.19. The van der Waals surface area contributed by atoms with Gasteiger partial charge >= 0.3 is 0 Å². The number of hydrogen-bond donors (Lipinski definition) is 2. The van der Waals surface area contributed by atoms with E-state index in [1.165, 1.54) is 0 Å². The molecule has 3 atom stereocenters. The van der Waals surface area contributed by atoms with Crippen LogP contribution in [0.3, 0.4) is 0 Å². The van der Waals surface area contributed by atoms with Gasteiger partial charge in [0, 0.05) is 26.1 Å². The van der Waals surface area contributed by atoms with Gasteiger partial charge in [0.1, 0.15) is 0 Å². The Balaban J connectivity index is 2.48. The summed E-state index contributed by atoms with van der Waals surface area (Å²) >= 11 is 0. The summed E-state index contributed by atoms with van der Waals surface area (Å²) in [5, 5.41) is 9.58. The summed E-state index contributed by atoms with van der Waals surface area (Å²) in [6.45, 7) is 4.95. The number of carbonyl (C=O) groups is 1. The van der Waals surface area contributed by atoms with E-state index >= 15 is 0 Å². The number of rotatable bonds is 3. The van der Waals surface area contributed by atoms with Gasteiger partial charge in [-0.25, -0.2) is 0 Å². The second-order valence-corrected chi connectivity index (χ2v) is 4.58. The van der Waals surface area contributed by atoms with Gasteiger partial charge in [0.2, 0.25) is 5.91 Å². The third-order valence-electron chi connectivity index (χ3n) is 3.09. The summed E-state index contributed by atoms with van der Waals surface area (Å²) in [4.78, 5) is 13.0. The largest absolute Gasteiger partial charge is 0.393 e. The second-order valence-electron chi connectivity index (χ2n) is 4.58. The van der Waals surface area contributed by atoms with E-state index in [9.17, 15) is 9.90 Å². The molecule has 0 aromatic carbocycles. The first-order valence-corrected chi connectivity index (χ1v) is 5.72. The van der Waals surface area contributed by atoms with Crippen molar-refractivity contribution in [3.8, 4) is 0 Å². The highest BCUT2D eigenvalue weighted by molar-refractivity contribution is 5.73. The van der Waals surface area contributed by atoms with Crippen molar-refractivity contribution in [2.75, 3.05) is 13.1 Å². The zero-order chi connectivity index (χ0) is 11.4. The molecular formula is C11H22N2O2. The number of hydrogen-bond acceptors (Lipinski definition) is 3. The fourth-order valence-electron chi connectivity index (χ4n) is 2.23. The maximum atomic E-state index is 11.3. The lowest BCUT2D eigenvalue weighted by Crippen LogP contribution is -2.49. The Bertz CT molecular complexity index is 221. The number of amides is 1. The van der Waals surface area contributed by atoms with Crippen LogP contribution in [0.2, 0.25) is 0 Å². The van der Waals surface area contributed by atoms with Crippen molar-refractivity contribution >= 4 is 5.91 Å². The lowest BCUT2D eigenvalue weighted by atomic mass is 9.89. The minimum Gasteiger partial charge on any atom is -0.393 e. The second kappa shape index (κ2) is 5.47. The van der Waals surface area contributed by atoms with Gasteiger partial charge in [-0.1, -0.05) is 6.92 Å². The van der Waals surface area contributed by atoms with Gasteiger partial charge in [-0.3, -0.25) is 4.79 Å². The molecule has 1 fully saturated rings. The first-order valence-electron chi connectivity index (χ1n) is 5.72. The van der Waals surface area contributed by atoms with Crippen LogP contribution < -0.4 is 5.73 Å². The molecule has 0 aliphatic carbocycles. The van der Waals surface area contributed by atoms with Gasteiger partial charge in [0.05, 0.1) is 6.10 Å². The number of aliphatic hydroxyl groups excluding tert-OH is 1. The Morgan fingerprint density at radius 3 is 2.80 bits per heavy atom. The molecule has 0 aromatic rings. The molecule has 1 amide bonds. The van der Waals surface area contributed by atoms with E-state index < -0.39 is 0 Å². The van der Waals surface area contributed by atoms with E-state index in [-0.39, 0.29) is 18.1 Å². The van der Waals surface area contributed by atoms with Gasteiger partial charge in [0.25, 0.3) is 0 Å². The predicted molar refractivity (Wildman–Crippen MR) is 59.3 cm³/mol. The summed E-state index contributed by atoms with van der Waals surface area (Å²) in [5.74, 6) is 0.439. The normalized spacial score (nSPS) is 28.9. The van der Waals surface area contributed by atoms with Crippen LogP contribution in [0.15, 0.2) is 0 Å². The van der Waals surface area contributed by atoms with E-state index in [0.29, 0.717) is 12.5 Å². The van der Waals surface area contributed by atoms with E-state index in [2.05, 4.69) is 0 Å². The lowest BCUT2D eigenvalue weighted by molar-refractivity contribution is -0.131. The average Bonchev–Trinajstić information content (AvgIpc) is 2.16. The van der Waals surface area contributed by atoms with Crippen LogP contribution in [0.1, 0.15) is 33.1 Å². The summed E-state index contributed by atoms with van der Waals surface area (Å²) in [7, 11) is 0. The highest BCUT2D eigenvalue weighted by atomic mass is 16.3. The monoisotopic (exact) mass is 214 g/mol. The van der Waals surface area contributed by atoms with Gasteiger partial charge in [0.15, 0.2) is 0 Å². The Labute approximate surface area is 91.4 Å². The number of aliphatic hydroxyl groups is 1. The van der Waals surface area contributed by atoms with Crippen molar-refractivity contribution in [3.05, 3.63) is 0 Å². The SMILES string of the molecule is CCC(O)CC1CC(N)CN(C(C)=O)C1. The molecule has 0 saturated carbocycles. The number of piperidine rings is 1. The van der Waals surface area contributed by atoms with Crippen LogP contribution in [-0.2, 0) is 4.79 Å². The topological polar surface area (TPSA) is 66.6 Å². The molecule has 1 aliphatic heterocycles. The Morgan fingerprint density at radius 2 is 2.27 bits per heavy atom. The smallest absolute Gasteiger partial charge is 0.219 e. The molecule has 0 aromatic heterocycles. The molecule has 4 heteroatoms. The van der Waals surface area contributed by atoms with Crippen molar-refractivity contribution in [1.82, 2.24) is 4.90 Å². The van der Waals surface area contributed by atoms with Crippen LogP contribution in [0.25, 0.3) is 0 Å². The maximum absolute atomic E-state index is 11.3. The number of nitrogens with two attached hydrogens (primary N) is 1. The Hall–Kier alpha value is -0.610. The Kier molecular flexibility index (Phi) is 4.54. The third-order valence-corrected chi connectivity index (χ3v) is 3.09. The molecule has 1 rings (SSSR count). The fourth-order valence-corrected chi connectivity index (χ4v) is 2.23. The van der Waals surface area contributed by atoms with Crippen LogP contribution in [0.5, 0.6) is 0 Å². The lowest BCUT2D eigenvalue weighted by Gasteiger charge is -2.36. The third kappa shape index (κ3) is 3.80. The molecule has 0 bridgehead atoms. The molecule has 3 unspecified atom stereocenters. The highest BCUT2D eigenvalue weighted by Crippen LogP contribution is 2.21. The fraction of sp³-hybridized carbons (Fsp3) is 0.909. The molecule has 0 radical (unpaired) electrons. The van der Waals surface area contributed by atoms with E-state index in [1.807, 2.05) is 6.92 Å². The standard InChI is InChI=1S/C11H22N2O2/c1-3-11(15)5-9-4-10(12)7-13(6-9)8(2)14/h9-11,15H,3-7,12H2,1-2H3. The van der Waals surface area contributed by atoms with E-state index in [1.54, 1.807) is 11.8 Å². The van der Waals surface area contributed by atoms with E-state index in [0.717, 1.165) is 25.8 Å². The van der Waals surface area contributed by atoms with Crippen molar-refractivity contribution < 1.29 is 9.90 Å². The van der Waals surface area contributed by atoms with E-state index in [4.69, 9.17) is 5.73 Å².